The van der Waals surface area contributed by atoms with Crippen LogP contribution in [0.5, 0.6) is 0 Å². The molecule has 8 heteroatoms. The predicted octanol–water partition coefficient (Wildman–Crippen LogP) is 0.629. The van der Waals surface area contributed by atoms with Crippen molar-refractivity contribution in [2.75, 3.05) is 5.32 Å². The number of anilines is 1. The molecule has 0 saturated heterocycles. The Bertz CT molecular complexity index is 626. The van der Waals surface area contributed by atoms with Gasteiger partial charge in [-0.15, -0.1) is 0 Å². The number of benzene rings is 1. The van der Waals surface area contributed by atoms with Crippen LogP contribution in [0.15, 0.2) is 29.2 Å². The number of nitrogens with one attached hydrogen (secondary N) is 1. The molecular formula is C12H16N2O5S. The van der Waals surface area contributed by atoms with Gasteiger partial charge in [-0.2, -0.15) is 0 Å². The number of carboxylic acid groups (broad SMARTS) is 1. The average molecular weight is 300 g/mol. The van der Waals surface area contributed by atoms with Crippen LogP contribution in [0.3, 0.4) is 0 Å². The van der Waals surface area contributed by atoms with E-state index < -0.39 is 33.7 Å². The molecule has 0 heterocycles. The summed E-state index contributed by atoms with van der Waals surface area (Å²) < 4.78 is 22.8. The number of rotatable bonds is 5. The third-order valence-corrected chi connectivity index (χ3v) is 3.97. The van der Waals surface area contributed by atoms with Gasteiger partial charge in [-0.1, -0.05) is 26.0 Å². The van der Waals surface area contributed by atoms with Crippen LogP contribution in [0.1, 0.15) is 13.8 Å². The Morgan fingerprint density at radius 1 is 1.20 bits per heavy atom. The fourth-order valence-electron chi connectivity index (χ4n) is 1.51. The molecule has 1 rings (SSSR count). The Kier molecular flexibility index (Phi) is 4.85. The van der Waals surface area contributed by atoms with E-state index in [-0.39, 0.29) is 10.6 Å². The SMILES string of the molecule is CC(C(=O)O)C(C)C(=O)Nc1ccccc1S(N)(=O)=O. The van der Waals surface area contributed by atoms with Gasteiger partial charge in [0.25, 0.3) is 0 Å². The number of amides is 1. The number of sulfonamides is 1. The second-order valence-corrected chi connectivity index (χ2v) is 5.98. The van der Waals surface area contributed by atoms with Crippen molar-refractivity contribution >= 4 is 27.6 Å². The molecule has 1 aromatic rings. The van der Waals surface area contributed by atoms with Crippen molar-refractivity contribution in [2.24, 2.45) is 17.0 Å². The summed E-state index contributed by atoms with van der Waals surface area (Å²) in [6.07, 6.45) is 0. The fraction of sp³-hybridized carbons (Fsp3) is 0.333. The minimum absolute atomic E-state index is 0.0319. The predicted molar refractivity (Wildman–Crippen MR) is 72.4 cm³/mol. The Balaban J connectivity index is 3.01. The van der Waals surface area contributed by atoms with Gasteiger partial charge >= 0.3 is 5.97 Å². The number of carbonyl (C=O) groups is 2. The maximum Gasteiger partial charge on any atom is 0.307 e. The van der Waals surface area contributed by atoms with Gasteiger partial charge in [-0.25, -0.2) is 13.6 Å². The lowest BCUT2D eigenvalue weighted by molar-refractivity contribution is -0.145. The molecule has 7 nitrogen and oxygen atoms in total. The molecule has 0 aliphatic heterocycles. The van der Waals surface area contributed by atoms with Gasteiger partial charge in [0.15, 0.2) is 0 Å². The second kappa shape index (κ2) is 6.02. The Hall–Kier alpha value is -1.93. The largest absolute Gasteiger partial charge is 0.481 e. The van der Waals surface area contributed by atoms with Crippen molar-refractivity contribution in [1.82, 2.24) is 0 Å². The monoisotopic (exact) mass is 300 g/mol. The number of hydrogen-bond acceptors (Lipinski definition) is 4. The highest BCUT2D eigenvalue weighted by atomic mass is 32.2. The highest BCUT2D eigenvalue weighted by Gasteiger charge is 2.26. The standard InChI is InChI=1S/C12H16N2O5S/c1-7(8(2)12(16)17)11(15)14-9-5-3-4-6-10(9)20(13,18)19/h3-8H,1-2H3,(H,14,15)(H,16,17)(H2,13,18,19). The number of hydrogen-bond donors (Lipinski definition) is 3. The molecule has 0 spiro atoms. The van der Waals surface area contributed by atoms with Crippen LogP contribution in [0, 0.1) is 11.8 Å². The van der Waals surface area contributed by atoms with Crippen molar-refractivity contribution in [3.63, 3.8) is 0 Å². The first-order valence-corrected chi connectivity index (χ1v) is 7.34. The summed E-state index contributed by atoms with van der Waals surface area (Å²) in [6, 6.07) is 5.65. The van der Waals surface area contributed by atoms with Gasteiger partial charge in [0.1, 0.15) is 4.90 Å². The van der Waals surface area contributed by atoms with Crippen molar-refractivity contribution < 1.29 is 23.1 Å². The molecule has 0 bridgehead atoms. The van der Waals surface area contributed by atoms with Crippen molar-refractivity contribution in [3.05, 3.63) is 24.3 Å². The second-order valence-electron chi connectivity index (χ2n) is 4.45. The first kappa shape index (κ1) is 16.1. The highest BCUT2D eigenvalue weighted by molar-refractivity contribution is 7.89. The first-order valence-electron chi connectivity index (χ1n) is 5.80. The Morgan fingerprint density at radius 2 is 1.75 bits per heavy atom. The highest BCUT2D eigenvalue weighted by Crippen LogP contribution is 2.21. The van der Waals surface area contributed by atoms with E-state index in [0.29, 0.717) is 0 Å². The molecule has 0 aromatic heterocycles. The smallest absolute Gasteiger partial charge is 0.307 e. The Morgan fingerprint density at radius 3 is 2.25 bits per heavy atom. The van der Waals surface area contributed by atoms with Crippen LogP contribution < -0.4 is 10.5 Å². The van der Waals surface area contributed by atoms with E-state index in [4.69, 9.17) is 10.2 Å². The van der Waals surface area contributed by atoms with Gasteiger partial charge in [0, 0.05) is 5.92 Å². The number of para-hydroxylation sites is 1. The molecule has 2 unspecified atom stereocenters. The molecule has 0 saturated carbocycles. The molecule has 4 N–H and O–H groups in total. The normalized spacial score (nSPS) is 14.3. The fourth-order valence-corrected chi connectivity index (χ4v) is 2.20. The molecule has 0 fully saturated rings. The molecule has 110 valence electrons. The van der Waals surface area contributed by atoms with Gasteiger partial charge in [0.05, 0.1) is 11.6 Å². The zero-order valence-electron chi connectivity index (χ0n) is 11.0. The maximum absolute atomic E-state index is 11.9. The summed E-state index contributed by atoms with van der Waals surface area (Å²) in [7, 11) is -3.97. The topological polar surface area (TPSA) is 127 Å². The van der Waals surface area contributed by atoms with Crippen LogP contribution in [0.2, 0.25) is 0 Å². The third kappa shape index (κ3) is 3.78. The molecule has 1 aromatic carbocycles. The number of aliphatic carboxylic acids is 1. The van der Waals surface area contributed by atoms with E-state index in [1.165, 1.54) is 38.1 Å². The van der Waals surface area contributed by atoms with E-state index >= 15 is 0 Å². The maximum atomic E-state index is 11.9. The zero-order valence-corrected chi connectivity index (χ0v) is 11.8. The summed E-state index contributed by atoms with van der Waals surface area (Å²) in [5, 5.41) is 16.3. The molecule has 2 atom stereocenters. The molecule has 0 radical (unpaired) electrons. The van der Waals surface area contributed by atoms with Crippen molar-refractivity contribution in [1.29, 1.82) is 0 Å². The van der Waals surface area contributed by atoms with Crippen LogP contribution in [-0.2, 0) is 19.6 Å². The minimum atomic E-state index is -3.97. The average Bonchev–Trinajstić information content (AvgIpc) is 2.36. The Labute approximate surface area is 116 Å². The van der Waals surface area contributed by atoms with Crippen LogP contribution in [0.4, 0.5) is 5.69 Å². The van der Waals surface area contributed by atoms with Crippen LogP contribution in [-0.4, -0.2) is 25.4 Å². The molecule has 20 heavy (non-hydrogen) atoms. The number of nitrogens with two attached hydrogens (primary N) is 1. The van der Waals surface area contributed by atoms with E-state index in [9.17, 15) is 18.0 Å². The molecular weight excluding hydrogens is 284 g/mol. The van der Waals surface area contributed by atoms with E-state index in [1.807, 2.05) is 0 Å². The lowest BCUT2D eigenvalue weighted by Crippen LogP contribution is -2.30. The summed E-state index contributed by atoms with van der Waals surface area (Å²) >= 11 is 0. The number of carbonyl (C=O) groups excluding carboxylic acids is 1. The molecule has 0 aliphatic carbocycles. The number of primary sulfonamides is 1. The zero-order chi connectivity index (χ0) is 15.5. The summed E-state index contributed by atoms with van der Waals surface area (Å²) in [5.74, 6) is -3.40. The van der Waals surface area contributed by atoms with E-state index in [1.54, 1.807) is 0 Å². The molecule has 0 aliphatic rings. The lowest BCUT2D eigenvalue weighted by atomic mass is 9.95. The lowest BCUT2D eigenvalue weighted by Gasteiger charge is -2.17. The number of carboxylic acids is 1. The van der Waals surface area contributed by atoms with Gasteiger partial charge < -0.3 is 10.4 Å². The summed E-state index contributed by atoms with van der Waals surface area (Å²) in [5.41, 5.74) is 0.0319. The summed E-state index contributed by atoms with van der Waals surface area (Å²) in [6.45, 7) is 2.85. The van der Waals surface area contributed by atoms with E-state index in [0.717, 1.165) is 0 Å². The van der Waals surface area contributed by atoms with Gasteiger partial charge in [-0.05, 0) is 12.1 Å². The minimum Gasteiger partial charge on any atom is -0.481 e. The van der Waals surface area contributed by atoms with E-state index in [2.05, 4.69) is 5.32 Å². The molecule has 1 amide bonds. The van der Waals surface area contributed by atoms with Crippen LogP contribution >= 0.6 is 0 Å². The summed E-state index contributed by atoms with van der Waals surface area (Å²) in [4.78, 5) is 22.5. The quantitative estimate of drug-likeness (QED) is 0.735. The van der Waals surface area contributed by atoms with Gasteiger partial charge in [-0.3, -0.25) is 9.59 Å². The van der Waals surface area contributed by atoms with Crippen LogP contribution in [0.25, 0.3) is 0 Å². The van der Waals surface area contributed by atoms with Gasteiger partial charge in [0.2, 0.25) is 15.9 Å². The first-order chi connectivity index (χ1) is 9.14. The van der Waals surface area contributed by atoms with Crippen molar-refractivity contribution in [3.8, 4) is 0 Å². The van der Waals surface area contributed by atoms with Crippen molar-refractivity contribution in [2.45, 2.75) is 18.7 Å². The third-order valence-electron chi connectivity index (χ3n) is 3.00.